The molecule has 1 saturated heterocycles. The molecule has 1 amide bonds. The van der Waals surface area contributed by atoms with E-state index in [1.54, 1.807) is 24.0 Å². The standard InChI is InChI=1S/C20H20F3N7O2/c1-12-5-6-14(30-26-7-8-27-30)18(28-12)19(31)29-9-3-4-15(13(29)2)32-17-11-24-16(10-25-17)20(21,22)23/h5-8,10-11,13,15H,3-4,9H2,1-2H3/t13-,15+/m0/s1. The zero-order valence-corrected chi connectivity index (χ0v) is 17.3. The molecule has 0 radical (unpaired) electrons. The number of halogens is 3. The SMILES string of the molecule is Cc1ccc(-n2nccn2)c(C(=O)N2CCC[C@@H](Oc3cnc(C(F)(F)F)cn3)[C@@H]2C)n1. The van der Waals surface area contributed by atoms with Gasteiger partial charge in [-0.2, -0.15) is 23.4 Å². The molecule has 2 atom stereocenters. The Balaban J connectivity index is 1.54. The number of amides is 1. The van der Waals surface area contributed by atoms with E-state index in [-0.39, 0.29) is 23.5 Å². The van der Waals surface area contributed by atoms with E-state index in [2.05, 4.69) is 25.1 Å². The monoisotopic (exact) mass is 447 g/mol. The van der Waals surface area contributed by atoms with E-state index in [0.717, 1.165) is 6.20 Å². The van der Waals surface area contributed by atoms with Crippen molar-refractivity contribution in [1.82, 2.24) is 34.8 Å². The molecule has 1 aliphatic rings. The second-order valence-corrected chi connectivity index (χ2v) is 7.41. The van der Waals surface area contributed by atoms with Gasteiger partial charge in [0.2, 0.25) is 5.88 Å². The van der Waals surface area contributed by atoms with Crippen LogP contribution in [0.4, 0.5) is 13.2 Å². The highest BCUT2D eigenvalue weighted by atomic mass is 19.4. The summed E-state index contributed by atoms with van der Waals surface area (Å²) in [5, 5.41) is 8.19. The third-order valence-corrected chi connectivity index (χ3v) is 5.22. The van der Waals surface area contributed by atoms with Crippen LogP contribution in [0.15, 0.2) is 36.9 Å². The molecule has 0 saturated carbocycles. The molecule has 0 spiro atoms. The highest BCUT2D eigenvalue weighted by Crippen LogP contribution is 2.28. The number of hydrogen-bond donors (Lipinski definition) is 0. The number of piperidine rings is 1. The lowest BCUT2D eigenvalue weighted by Gasteiger charge is -2.39. The van der Waals surface area contributed by atoms with Crippen LogP contribution in [0.3, 0.4) is 0 Å². The van der Waals surface area contributed by atoms with Crippen molar-refractivity contribution in [2.24, 2.45) is 0 Å². The maximum atomic E-state index is 13.4. The zero-order chi connectivity index (χ0) is 22.9. The van der Waals surface area contributed by atoms with E-state index in [0.29, 0.717) is 37.0 Å². The predicted octanol–water partition coefficient (Wildman–Crippen LogP) is 2.85. The van der Waals surface area contributed by atoms with Crippen molar-refractivity contribution in [2.75, 3.05) is 6.54 Å². The van der Waals surface area contributed by atoms with Crippen molar-refractivity contribution >= 4 is 5.91 Å². The second kappa shape index (κ2) is 8.52. The smallest absolute Gasteiger partial charge is 0.434 e. The van der Waals surface area contributed by atoms with Gasteiger partial charge in [0.1, 0.15) is 11.8 Å². The quantitative estimate of drug-likeness (QED) is 0.606. The number of alkyl halides is 3. The van der Waals surface area contributed by atoms with Crippen LogP contribution in [0, 0.1) is 6.92 Å². The Bertz CT molecular complexity index is 1090. The molecule has 4 heterocycles. The molecule has 0 bridgehead atoms. The molecule has 0 aliphatic carbocycles. The first-order valence-corrected chi connectivity index (χ1v) is 9.95. The fourth-order valence-electron chi connectivity index (χ4n) is 3.58. The Morgan fingerprint density at radius 1 is 1.16 bits per heavy atom. The summed E-state index contributed by atoms with van der Waals surface area (Å²) in [6.07, 6.45) is 0.813. The number of ether oxygens (including phenoxy) is 1. The van der Waals surface area contributed by atoms with E-state index in [1.807, 2.05) is 6.92 Å². The van der Waals surface area contributed by atoms with Gasteiger partial charge in [-0.3, -0.25) is 4.79 Å². The van der Waals surface area contributed by atoms with Gasteiger partial charge in [-0.25, -0.2) is 15.0 Å². The predicted molar refractivity (Wildman–Crippen MR) is 105 cm³/mol. The normalized spacial score (nSPS) is 19.1. The van der Waals surface area contributed by atoms with Gasteiger partial charge in [-0.1, -0.05) is 0 Å². The van der Waals surface area contributed by atoms with Gasteiger partial charge in [0, 0.05) is 12.2 Å². The van der Waals surface area contributed by atoms with Gasteiger partial charge in [0.25, 0.3) is 5.91 Å². The Labute approximate surface area is 181 Å². The summed E-state index contributed by atoms with van der Waals surface area (Å²) in [5.74, 6) is -0.334. The van der Waals surface area contributed by atoms with Crippen molar-refractivity contribution in [3.05, 3.63) is 54.0 Å². The molecule has 3 aromatic heterocycles. The number of hydrogen-bond acceptors (Lipinski definition) is 7. The van der Waals surface area contributed by atoms with Gasteiger partial charge in [-0.05, 0) is 38.8 Å². The van der Waals surface area contributed by atoms with Crippen LogP contribution in [0.25, 0.3) is 5.69 Å². The van der Waals surface area contributed by atoms with Crippen molar-refractivity contribution in [1.29, 1.82) is 0 Å². The molecule has 9 nitrogen and oxygen atoms in total. The van der Waals surface area contributed by atoms with Crippen LogP contribution < -0.4 is 4.74 Å². The molecular weight excluding hydrogens is 427 g/mol. The molecule has 1 fully saturated rings. The number of carbonyl (C=O) groups is 1. The number of aryl methyl sites for hydroxylation is 1. The number of nitrogens with zero attached hydrogens (tertiary/aromatic N) is 7. The van der Waals surface area contributed by atoms with Crippen LogP contribution >= 0.6 is 0 Å². The van der Waals surface area contributed by atoms with E-state index in [9.17, 15) is 18.0 Å². The van der Waals surface area contributed by atoms with E-state index < -0.39 is 18.0 Å². The van der Waals surface area contributed by atoms with Gasteiger partial charge in [0.15, 0.2) is 11.4 Å². The second-order valence-electron chi connectivity index (χ2n) is 7.41. The summed E-state index contributed by atoms with van der Waals surface area (Å²) in [6, 6.07) is 3.13. The molecule has 12 heteroatoms. The summed E-state index contributed by atoms with van der Waals surface area (Å²) in [7, 11) is 0. The van der Waals surface area contributed by atoms with Crippen molar-refractivity contribution in [2.45, 2.75) is 45.0 Å². The zero-order valence-electron chi connectivity index (χ0n) is 17.3. The van der Waals surface area contributed by atoms with Crippen LogP contribution in [0.1, 0.15) is 41.6 Å². The minimum absolute atomic E-state index is 0.0285. The fraction of sp³-hybridized carbons (Fsp3) is 0.400. The van der Waals surface area contributed by atoms with Gasteiger partial charge in [0.05, 0.1) is 30.8 Å². The van der Waals surface area contributed by atoms with Crippen molar-refractivity contribution < 1.29 is 22.7 Å². The molecule has 4 rings (SSSR count). The number of pyridine rings is 1. The average molecular weight is 447 g/mol. The number of carbonyl (C=O) groups excluding carboxylic acids is 1. The maximum absolute atomic E-state index is 13.4. The lowest BCUT2D eigenvalue weighted by Crippen LogP contribution is -2.51. The first kappa shape index (κ1) is 21.7. The third kappa shape index (κ3) is 4.39. The van der Waals surface area contributed by atoms with Crippen molar-refractivity contribution in [3.63, 3.8) is 0 Å². The maximum Gasteiger partial charge on any atom is 0.434 e. The highest BCUT2D eigenvalue weighted by Gasteiger charge is 2.36. The molecule has 1 aliphatic heterocycles. The van der Waals surface area contributed by atoms with Crippen LogP contribution in [0.2, 0.25) is 0 Å². The van der Waals surface area contributed by atoms with E-state index >= 15 is 0 Å². The minimum Gasteiger partial charge on any atom is -0.471 e. The number of likely N-dealkylation sites (tertiary alicyclic amines) is 1. The Kier molecular flexibility index (Phi) is 5.76. The summed E-state index contributed by atoms with van der Waals surface area (Å²) in [4.78, 5) is 27.9. The lowest BCUT2D eigenvalue weighted by atomic mass is 9.99. The Hall–Kier alpha value is -3.57. The third-order valence-electron chi connectivity index (χ3n) is 5.22. The molecular formula is C20H20F3N7O2. The van der Waals surface area contributed by atoms with Gasteiger partial charge < -0.3 is 9.64 Å². The van der Waals surface area contributed by atoms with Gasteiger partial charge in [-0.15, -0.1) is 4.80 Å². The summed E-state index contributed by atoms with van der Waals surface area (Å²) < 4.78 is 43.9. The number of rotatable bonds is 4. The number of aromatic nitrogens is 6. The first-order chi connectivity index (χ1) is 15.2. The average Bonchev–Trinajstić information content (AvgIpc) is 3.29. The van der Waals surface area contributed by atoms with E-state index in [1.165, 1.54) is 17.2 Å². The molecule has 168 valence electrons. The van der Waals surface area contributed by atoms with Crippen LogP contribution in [0.5, 0.6) is 5.88 Å². The Morgan fingerprint density at radius 2 is 1.91 bits per heavy atom. The van der Waals surface area contributed by atoms with Crippen LogP contribution in [-0.2, 0) is 6.18 Å². The largest absolute Gasteiger partial charge is 0.471 e. The minimum atomic E-state index is -4.57. The molecule has 3 aromatic rings. The Morgan fingerprint density at radius 3 is 2.56 bits per heavy atom. The van der Waals surface area contributed by atoms with Gasteiger partial charge >= 0.3 is 6.18 Å². The van der Waals surface area contributed by atoms with E-state index in [4.69, 9.17) is 4.74 Å². The summed E-state index contributed by atoms with van der Waals surface area (Å²) in [6.45, 7) is 4.09. The topological polar surface area (TPSA) is 98.9 Å². The first-order valence-electron chi connectivity index (χ1n) is 9.95. The molecule has 0 aromatic carbocycles. The van der Waals surface area contributed by atoms with Crippen LogP contribution in [-0.4, -0.2) is 59.4 Å². The highest BCUT2D eigenvalue weighted by molar-refractivity contribution is 5.96. The summed E-state index contributed by atoms with van der Waals surface area (Å²) in [5.41, 5.74) is 0.239. The molecule has 0 N–H and O–H groups in total. The fourth-order valence-corrected chi connectivity index (χ4v) is 3.58. The summed E-state index contributed by atoms with van der Waals surface area (Å²) >= 11 is 0. The lowest BCUT2D eigenvalue weighted by molar-refractivity contribution is -0.141. The molecule has 32 heavy (non-hydrogen) atoms. The molecule has 0 unspecified atom stereocenters. The van der Waals surface area contributed by atoms with Crippen molar-refractivity contribution in [3.8, 4) is 11.6 Å².